The van der Waals surface area contributed by atoms with Gasteiger partial charge in [-0.2, -0.15) is 0 Å². The Bertz CT molecular complexity index is 524. The molecule has 4 nitrogen and oxygen atoms in total. The van der Waals surface area contributed by atoms with Crippen LogP contribution in [0.1, 0.15) is 18.9 Å². The van der Waals surface area contributed by atoms with Crippen molar-refractivity contribution in [2.45, 2.75) is 20.0 Å². The quantitative estimate of drug-likeness (QED) is 0.894. The minimum atomic E-state index is 0.00505. The Morgan fingerprint density at radius 3 is 2.47 bits per heavy atom. The summed E-state index contributed by atoms with van der Waals surface area (Å²) in [7, 11) is 0. The predicted molar refractivity (Wildman–Crippen MR) is 73.9 cm³/mol. The van der Waals surface area contributed by atoms with E-state index in [1.165, 1.54) is 0 Å². The first-order chi connectivity index (χ1) is 9.28. The Morgan fingerprint density at radius 1 is 1.16 bits per heavy atom. The number of pyridine rings is 1. The van der Waals surface area contributed by atoms with E-state index >= 15 is 0 Å². The molecule has 1 aromatic carbocycles. The van der Waals surface area contributed by atoms with Crippen LogP contribution in [0.4, 0.5) is 5.69 Å². The molecule has 0 saturated heterocycles. The number of nitrogens with zero attached hydrogens (tertiary/aromatic N) is 1. The number of amides is 1. The van der Waals surface area contributed by atoms with Crippen molar-refractivity contribution < 1.29 is 9.53 Å². The Morgan fingerprint density at radius 2 is 1.84 bits per heavy atom. The van der Waals surface area contributed by atoms with Crippen LogP contribution in [-0.4, -0.2) is 10.9 Å². The number of anilines is 1. The molecular weight excluding hydrogens is 240 g/mol. The van der Waals surface area contributed by atoms with Crippen LogP contribution in [0.15, 0.2) is 48.8 Å². The Kier molecular flexibility index (Phi) is 4.50. The zero-order chi connectivity index (χ0) is 13.5. The van der Waals surface area contributed by atoms with Gasteiger partial charge in [0.05, 0.1) is 0 Å². The van der Waals surface area contributed by atoms with E-state index in [9.17, 15) is 4.79 Å². The molecule has 1 amide bonds. The topological polar surface area (TPSA) is 51.2 Å². The molecule has 0 atom stereocenters. The third kappa shape index (κ3) is 4.10. The summed E-state index contributed by atoms with van der Waals surface area (Å²) in [5.74, 6) is 0.775. The number of rotatable bonds is 5. The largest absolute Gasteiger partial charge is 0.489 e. The Balaban J connectivity index is 1.90. The van der Waals surface area contributed by atoms with Gasteiger partial charge in [0.2, 0.25) is 5.91 Å². The molecule has 1 heterocycles. The zero-order valence-corrected chi connectivity index (χ0v) is 10.8. The Hall–Kier alpha value is -2.36. The van der Waals surface area contributed by atoms with Gasteiger partial charge in [-0.25, -0.2) is 0 Å². The van der Waals surface area contributed by atoms with Crippen LogP contribution in [0.25, 0.3) is 0 Å². The number of benzene rings is 1. The molecule has 0 aliphatic heterocycles. The van der Waals surface area contributed by atoms with Crippen LogP contribution in [0.3, 0.4) is 0 Å². The monoisotopic (exact) mass is 256 g/mol. The van der Waals surface area contributed by atoms with Gasteiger partial charge in [-0.3, -0.25) is 9.78 Å². The third-order valence-electron chi connectivity index (χ3n) is 2.61. The van der Waals surface area contributed by atoms with Crippen molar-refractivity contribution in [3.8, 4) is 5.75 Å². The van der Waals surface area contributed by atoms with Gasteiger partial charge in [-0.15, -0.1) is 0 Å². The summed E-state index contributed by atoms with van der Waals surface area (Å²) in [5, 5.41) is 2.79. The molecule has 1 N–H and O–H groups in total. The lowest BCUT2D eigenvalue weighted by Gasteiger charge is -2.07. The molecule has 0 bridgehead atoms. The molecule has 0 saturated carbocycles. The number of carbonyl (C=O) groups excluding carboxylic acids is 1. The van der Waals surface area contributed by atoms with Crippen LogP contribution in [0, 0.1) is 0 Å². The summed E-state index contributed by atoms with van der Waals surface area (Å²) < 4.78 is 5.64. The summed E-state index contributed by atoms with van der Waals surface area (Å²) in [4.78, 5) is 15.2. The summed E-state index contributed by atoms with van der Waals surface area (Å²) in [6, 6.07) is 11.2. The van der Waals surface area contributed by atoms with Crippen molar-refractivity contribution in [2.75, 3.05) is 5.32 Å². The summed E-state index contributed by atoms with van der Waals surface area (Å²) in [6.45, 7) is 2.32. The van der Waals surface area contributed by atoms with E-state index in [-0.39, 0.29) is 5.91 Å². The smallest absolute Gasteiger partial charge is 0.224 e. The molecule has 2 rings (SSSR count). The van der Waals surface area contributed by atoms with Gasteiger partial charge >= 0.3 is 0 Å². The molecule has 0 unspecified atom stereocenters. The molecule has 98 valence electrons. The van der Waals surface area contributed by atoms with Crippen LogP contribution in [-0.2, 0) is 11.4 Å². The van der Waals surface area contributed by atoms with Crippen molar-refractivity contribution >= 4 is 11.6 Å². The molecule has 0 spiro atoms. The maximum atomic E-state index is 11.2. The van der Waals surface area contributed by atoms with E-state index < -0.39 is 0 Å². The van der Waals surface area contributed by atoms with Crippen LogP contribution in [0.2, 0.25) is 0 Å². The standard InChI is InChI=1S/C15H16N2O2/c1-2-15(18)17-13-3-5-14(6-4-13)19-11-12-7-9-16-10-8-12/h3-10H,2,11H2,1H3,(H,17,18). The number of ether oxygens (including phenoxy) is 1. The second-order valence-electron chi connectivity index (χ2n) is 4.07. The molecule has 2 aromatic rings. The van der Waals surface area contributed by atoms with E-state index in [2.05, 4.69) is 10.3 Å². The summed E-state index contributed by atoms with van der Waals surface area (Å²) >= 11 is 0. The van der Waals surface area contributed by atoms with Crippen molar-refractivity contribution in [1.82, 2.24) is 4.98 Å². The van der Waals surface area contributed by atoms with Gasteiger partial charge in [0.25, 0.3) is 0 Å². The van der Waals surface area contributed by atoms with Crippen molar-refractivity contribution in [3.05, 3.63) is 54.4 Å². The minimum Gasteiger partial charge on any atom is -0.489 e. The molecule has 4 heteroatoms. The molecule has 0 aliphatic rings. The second-order valence-corrected chi connectivity index (χ2v) is 4.07. The van der Waals surface area contributed by atoms with Crippen LogP contribution in [0.5, 0.6) is 5.75 Å². The molecular formula is C15H16N2O2. The van der Waals surface area contributed by atoms with E-state index in [4.69, 9.17) is 4.74 Å². The minimum absolute atomic E-state index is 0.00505. The van der Waals surface area contributed by atoms with Gasteiger partial charge in [0.1, 0.15) is 12.4 Å². The highest BCUT2D eigenvalue weighted by atomic mass is 16.5. The van der Waals surface area contributed by atoms with E-state index in [0.717, 1.165) is 17.0 Å². The highest BCUT2D eigenvalue weighted by Gasteiger charge is 2.00. The first kappa shape index (κ1) is 13.1. The third-order valence-corrected chi connectivity index (χ3v) is 2.61. The lowest BCUT2D eigenvalue weighted by Crippen LogP contribution is -2.09. The number of carbonyl (C=O) groups is 1. The zero-order valence-electron chi connectivity index (χ0n) is 10.8. The van der Waals surface area contributed by atoms with Gasteiger partial charge < -0.3 is 10.1 Å². The lowest BCUT2D eigenvalue weighted by atomic mass is 10.2. The van der Waals surface area contributed by atoms with Gasteiger partial charge in [0.15, 0.2) is 0 Å². The van der Waals surface area contributed by atoms with Crippen molar-refractivity contribution in [1.29, 1.82) is 0 Å². The summed E-state index contributed by atoms with van der Waals surface area (Å²) in [6.07, 6.45) is 3.95. The Labute approximate surface area is 112 Å². The molecule has 1 aromatic heterocycles. The fourth-order valence-electron chi connectivity index (χ4n) is 1.53. The van der Waals surface area contributed by atoms with Crippen molar-refractivity contribution in [3.63, 3.8) is 0 Å². The van der Waals surface area contributed by atoms with E-state index in [1.54, 1.807) is 12.4 Å². The predicted octanol–water partition coefficient (Wildman–Crippen LogP) is 3.01. The van der Waals surface area contributed by atoms with Crippen LogP contribution >= 0.6 is 0 Å². The maximum absolute atomic E-state index is 11.2. The van der Waals surface area contributed by atoms with E-state index in [1.807, 2.05) is 43.3 Å². The molecule has 0 fully saturated rings. The van der Waals surface area contributed by atoms with E-state index in [0.29, 0.717) is 13.0 Å². The molecule has 0 aliphatic carbocycles. The first-order valence-electron chi connectivity index (χ1n) is 6.19. The number of hydrogen-bond acceptors (Lipinski definition) is 3. The average molecular weight is 256 g/mol. The highest BCUT2D eigenvalue weighted by molar-refractivity contribution is 5.90. The molecule has 19 heavy (non-hydrogen) atoms. The van der Waals surface area contributed by atoms with Crippen molar-refractivity contribution in [2.24, 2.45) is 0 Å². The van der Waals surface area contributed by atoms with Crippen LogP contribution < -0.4 is 10.1 Å². The second kappa shape index (κ2) is 6.54. The van der Waals surface area contributed by atoms with Gasteiger partial charge in [0, 0.05) is 24.5 Å². The summed E-state index contributed by atoms with van der Waals surface area (Å²) in [5.41, 5.74) is 1.85. The SMILES string of the molecule is CCC(=O)Nc1ccc(OCc2ccncc2)cc1. The average Bonchev–Trinajstić information content (AvgIpc) is 2.47. The normalized spacial score (nSPS) is 9.95. The fraction of sp³-hybridized carbons (Fsp3) is 0.200. The van der Waals surface area contributed by atoms with Gasteiger partial charge in [-0.05, 0) is 42.0 Å². The number of hydrogen-bond donors (Lipinski definition) is 1. The number of aromatic nitrogens is 1. The number of nitrogens with one attached hydrogen (secondary N) is 1. The highest BCUT2D eigenvalue weighted by Crippen LogP contribution is 2.17. The maximum Gasteiger partial charge on any atom is 0.224 e. The molecule has 0 radical (unpaired) electrons. The lowest BCUT2D eigenvalue weighted by molar-refractivity contribution is -0.115. The fourth-order valence-corrected chi connectivity index (χ4v) is 1.53. The first-order valence-corrected chi connectivity index (χ1v) is 6.19. The van der Waals surface area contributed by atoms with Gasteiger partial charge in [-0.1, -0.05) is 6.92 Å².